The van der Waals surface area contributed by atoms with Crippen molar-refractivity contribution in [3.63, 3.8) is 0 Å². The number of hydrogen-bond donors (Lipinski definition) is 1. The van der Waals surface area contributed by atoms with E-state index in [1.54, 1.807) is 0 Å². The van der Waals surface area contributed by atoms with E-state index >= 15 is 0 Å². The monoisotopic (exact) mass is 282 g/mol. The molecule has 112 valence electrons. The molecule has 0 atom stereocenters. The van der Waals surface area contributed by atoms with E-state index in [9.17, 15) is 0 Å². The number of fused-ring (bicyclic) bond motifs is 1. The first-order valence-corrected chi connectivity index (χ1v) is 7.89. The van der Waals surface area contributed by atoms with Gasteiger partial charge in [-0.2, -0.15) is 0 Å². The van der Waals surface area contributed by atoms with E-state index in [-0.39, 0.29) is 0 Å². The van der Waals surface area contributed by atoms with Gasteiger partial charge in [-0.05, 0) is 50.4 Å². The number of aromatic nitrogens is 1. The first-order valence-electron chi connectivity index (χ1n) is 7.89. The molecule has 1 N–H and O–H groups in total. The lowest BCUT2D eigenvalue weighted by molar-refractivity contribution is 0.543. The summed E-state index contributed by atoms with van der Waals surface area (Å²) in [6, 6.07) is 8.64. The van der Waals surface area contributed by atoms with Crippen LogP contribution in [0.25, 0.3) is 10.9 Å². The van der Waals surface area contributed by atoms with E-state index in [0.29, 0.717) is 0 Å². The van der Waals surface area contributed by atoms with Crippen molar-refractivity contribution in [1.82, 2.24) is 9.88 Å². The van der Waals surface area contributed by atoms with Crippen LogP contribution in [0.15, 0.2) is 30.5 Å². The predicted molar refractivity (Wildman–Crippen MR) is 91.4 cm³/mol. The standard InChI is InChI=1S/C19H26N2/c1-4-5-13-21-15-17(9-8-12-20-14-16(2)3)18-10-6-7-11-19(18)21/h6-7,10-11,15-16,20H,8-9,12-14H2,1-3H3. The Balaban J connectivity index is 2.03. The van der Waals surface area contributed by atoms with Crippen molar-refractivity contribution in [3.05, 3.63) is 36.0 Å². The quantitative estimate of drug-likeness (QED) is 0.603. The van der Waals surface area contributed by atoms with Crippen molar-refractivity contribution >= 4 is 10.9 Å². The first kappa shape index (κ1) is 15.7. The number of nitrogens with one attached hydrogen (secondary N) is 1. The van der Waals surface area contributed by atoms with E-state index in [1.165, 1.54) is 22.9 Å². The maximum absolute atomic E-state index is 3.52. The van der Waals surface area contributed by atoms with Gasteiger partial charge in [0.15, 0.2) is 0 Å². The Morgan fingerprint density at radius 3 is 2.81 bits per heavy atom. The summed E-state index contributed by atoms with van der Waals surface area (Å²) in [7, 11) is 0. The van der Waals surface area contributed by atoms with Crippen molar-refractivity contribution in [2.45, 2.75) is 40.2 Å². The van der Waals surface area contributed by atoms with Gasteiger partial charge < -0.3 is 9.88 Å². The van der Waals surface area contributed by atoms with Crippen molar-refractivity contribution in [2.75, 3.05) is 13.1 Å². The van der Waals surface area contributed by atoms with Crippen LogP contribution in [0.5, 0.6) is 0 Å². The van der Waals surface area contributed by atoms with E-state index in [1.807, 2.05) is 6.92 Å². The summed E-state index contributed by atoms with van der Waals surface area (Å²) in [5.74, 6) is 6.86. The van der Waals surface area contributed by atoms with Crippen LogP contribution >= 0.6 is 0 Å². The number of aryl methyl sites for hydroxylation is 1. The molecule has 1 aromatic carbocycles. The summed E-state index contributed by atoms with van der Waals surface area (Å²) in [5.41, 5.74) is 2.74. The Labute approximate surface area is 128 Å². The fourth-order valence-electron chi connectivity index (χ4n) is 2.61. The van der Waals surface area contributed by atoms with E-state index < -0.39 is 0 Å². The van der Waals surface area contributed by atoms with Crippen LogP contribution in [-0.2, 0) is 13.0 Å². The Bertz CT molecular complexity index is 626. The summed E-state index contributed by atoms with van der Waals surface area (Å²) < 4.78 is 2.27. The maximum atomic E-state index is 3.52. The molecule has 0 fully saturated rings. The SMILES string of the molecule is CC#CCn1cc(CCCNCC(C)C)c2ccccc21. The van der Waals surface area contributed by atoms with Gasteiger partial charge in [0.05, 0.1) is 6.54 Å². The van der Waals surface area contributed by atoms with E-state index in [2.05, 4.69) is 66.0 Å². The second-order valence-corrected chi connectivity index (χ2v) is 5.93. The molecule has 0 spiro atoms. The zero-order chi connectivity index (χ0) is 15.1. The van der Waals surface area contributed by atoms with Crippen molar-refractivity contribution < 1.29 is 0 Å². The molecular formula is C19H26N2. The fraction of sp³-hybridized carbons (Fsp3) is 0.474. The zero-order valence-electron chi connectivity index (χ0n) is 13.4. The van der Waals surface area contributed by atoms with Crippen LogP contribution in [0.1, 0.15) is 32.8 Å². The summed E-state index contributed by atoms with van der Waals surface area (Å²) >= 11 is 0. The Hall–Kier alpha value is -1.72. The zero-order valence-corrected chi connectivity index (χ0v) is 13.4. The molecule has 0 aliphatic carbocycles. The van der Waals surface area contributed by atoms with Gasteiger partial charge in [0, 0.05) is 17.1 Å². The highest BCUT2D eigenvalue weighted by atomic mass is 14.9. The lowest BCUT2D eigenvalue weighted by atomic mass is 10.1. The minimum Gasteiger partial charge on any atom is -0.336 e. The molecule has 0 bridgehead atoms. The minimum absolute atomic E-state index is 0.722. The highest BCUT2D eigenvalue weighted by Gasteiger charge is 2.07. The van der Waals surface area contributed by atoms with Crippen LogP contribution in [-0.4, -0.2) is 17.7 Å². The maximum Gasteiger partial charge on any atom is 0.0837 e. The Morgan fingerprint density at radius 2 is 2.05 bits per heavy atom. The number of rotatable bonds is 7. The first-order chi connectivity index (χ1) is 10.2. The smallest absolute Gasteiger partial charge is 0.0837 e. The lowest BCUT2D eigenvalue weighted by Gasteiger charge is -2.06. The van der Waals surface area contributed by atoms with Crippen LogP contribution in [0.3, 0.4) is 0 Å². The molecular weight excluding hydrogens is 256 g/mol. The molecule has 0 aliphatic rings. The highest BCUT2D eigenvalue weighted by Crippen LogP contribution is 2.22. The molecule has 2 heteroatoms. The summed E-state index contributed by atoms with van der Waals surface area (Å²) in [6.07, 6.45) is 4.58. The van der Waals surface area contributed by atoms with Gasteiger partial charge in [-0.25, -0.2) is 0 Å². The van der Waals surface area contributed by atoms with Gasteiger partial charge in [0.25, 0.3) is 0 Å². The topological polar surface area (TPSA) is 17.0 Å². The Kier molecular flexibility index (Phi) is 5.90. The third-order valence-electron chi connectivity index (χ3n) is 3.65. The fourth-order valence-corrected chi connectivity index (χ4v) is 2.61. The van der Waals surface area contributed by atoms with Crippen LogP contribution in [0.2, 0.25) is 0 Å². The van der Waals surface area contributed by atoms with Gasteiger partial charge in [-0.1, -0.05) is 38.0 Å². The largest absolute Gasteiger partial charge is 0.336 e. The molecule has 0 saturated carbocycles. The van der Waals surface area contributed by atoms with Crippen LogP contribution in [0.4, 0.5) is 0 Å². The normalized spacial score (nSPS) is 10.9. The van der Waals surface area contributed by atoms with Gasteiger partial charge in [0.1, 0.15) is 0 Å². The summed E-state index contributed by atoms with van der Waals surface area (Å²) in [4.78, 5) is 0. The molecule has 0 radical (unpaired) electrons. The van der Waals surface area contributed by atoms with E-state index in [0.717, 1.165) is 32.0 Å². The van der Waals surface area contributed by atoms with Crippen molar-refractivity contribution in [3.8, 4) is 11.8 Å². The molecule has 0 unspecified atom stereocenters. The van der Waals surface area contributed by atoms with E-state index in [4.69, 9.17) is 0 Å². The van der Waals surface area contributed by atoms with Gasteiger partial charge >= 0.3 is 0 Å². The highest BCUT2D eigenvalue weighted by molar-refractivity contribution is 5.84. The minimum atomic E-state index is 0.722. The second-order valence-electron chi connectivity index (χ2n) is 5.93. The lowest BCUT2D eigenvalue weighted by Crippen LogP contribution is -2.21. The molecule has 2 aromatic rings. The van der Waals surface area contributed by atoms with Crippen molar-refractivity contribution in [1.29, 1.82) is 0 Å². The molecule has 1 aromatic heterocycles. The van der Waals surface area contributed by atoms with Gasteiger partial charge in [-0.15, -0.1) is 5.92 Å². The third kappa shape index (κ3) is 4.37. The number of hydrogen-bond acceptors (Lipinski definition) is 1. The van der Waals surface area contributed by atoms with Gasteiger partial charge in [0.2, 0.25) is 0 Å². The third-order valence-corrected chi connectivity index (χ3v) is 3.65. The van der Waals surface area contributed by atoms with Crippen molar-refractivity contribution in [2.24, 2.45) is 5.92 Å². The Morgan fingerprint density at radius 1 is 1.24 bits per heavy atom. The molecule has 2 rings (SSSR count). The number of nitrogens with zero attached hydrogens (tertiary/aromatic N) is 1. The number of benzene rings is 1. The van der Waals surface area contributed by atoms with Gasteiger partial charge in [-0.3, -0.25) is 0 Å². The molecule has 0 amide bonds. The second kappa shape index (κ2) is 7.90. The molecule has 2 nitrogen and oxygen atoms in total. The average Bonchev–Trinajstić information content (AvgIpc) is 2.83. The van der Waals surface area contributed by atoms with Crippen LogP contribution in [0, 0.1) is 17.8 Å². The number of para-hydroxylation sites is 1. The molecule has 0 saturated heterocycles. The summed E-state index contributed by atoms with van der Waals surface area (Å²) in [6.45, 7) is 9.36. The van der Waals surface area contributed by atoms with Crippen LogP contribution < -0.4 is 5.32 Å². The molecule has 1 heterocycles. The molecule has 0 aliphatic heterocycles. The predicted octanol–water partition coefficient (Wildman–Crippen LogP) is 3.84. The average molecular weight is 282 g/mol. The molecule has 21 heavy (non-hydrogen) atoms. The summed E-state index contributed by atoms with van der Waals surface area (Å²) in [5, 5.41) is 4.89.